The molecule has 41 heavy (non-hydrogen) atoms. The van der Waals surface area contributed by atoms with Crippen molar-refractivity contribution in [3.05, 3.63) is 167 Å². The van der Waals surface area contributed by atoms with E-state index in [9.17, 15) is 0 Å². The van der Waals surface area contributed by atoms with Gasteiger partial charge in [-0.1, -0.05) is 160 Å². The van der Waals surface area contributed by atoms with Crippen LogP contribution in [0.4, 0.5) is 0 Å². The predicted molar refractivity (Wildman–Crippen MR) is 172 cm³/mol. The van der Waals surface area contributed by atoms with Gasteiger partial charge in [-0.05, 0) is 77.7 Å². The van der Waals surface area contributed by atoms with Crippen molar-refractivity contribution < 1.29 is 0 Å². The molecular formula is C41H32. The zero-order chi connectivity index (χ0) is 27.8. The lowest BCUT2D eigenvalue weighted by molar-refractivity contribution is 0.590. The van der Waals surface area contributed by atoms with Crippen molar-refractivity contribution in [1.29, 1.82) is 0 Å². The molecule has 0 N–H and O–H groups in total. The molecule has 0 fully saturated rings. The Balaban J connectivity index is 1.31. The van der Waals surface area contributed by atoms with E-state index >= 15 is 0 Å². The normalized spacial score (nSPS) is 13.9. The summed E-state index contributed by atoms with van der Waals surface area (Å²) in [5, 5.41) is 0. The zero-order valence-electron chi connectivity index (χ0n) is 23.8. The maximum atomic E-state index is 2.36. The fraction of sp³-hybridized carbons (Fsp3) is 0.122. The van der Waals surface area contributed by atoms with Gasteiger partial charge < -0.3 is 0 Å². The second-order valence-electron chi connectivity index (χ2n) is 12.5. The highest BCUT2D eigenvalue weighted by Crippen LogP contribution is 2.63. The van der Waals surface area contributed by atoms with E-state index in [1.165, 1.54) is 72.3 Å². The van der Waals surface area contributed by atoms with Gasteiger partial charge in [0, 0.05) is 0 Å². The highest BCUT2D eigenvalue weighted by molar-refractivity contribution is 5.99. The molecule has 0 atom stereocenters. The molecule has 0 saturated carbocycles. The summed E-state index contributed by atoms with van der Waals surface area (Å²) in [7, 11) is 0. The van der Waals surface area contributed by atoms with Gasteiger partial charge in [0.2, 0.25) is 0 Å². The molecule has 0 nitrogen and oxygen atoms in total. The van der Waals surface area contributed by atoms with E-state index in [0.717, 1.165) is 0 Å². The summed E-state index contributed by atoms with van der Waals surface area (Å²) in [4.78, 5) is 0. The average molecular weight is 525 g/mol. The highest BCUT2D eigenvalue weighted by Gasteiger charge is 2.51. The molecule has 0 radical (unpaired) electrons. The van der Waals surface area contributed by atoms with Crippen LogP contribution < -0.4 is 0 Å². The zero-order valence-corrected chi connectivity index (χ0v) is 23.8. The van der Waals surface area contributed by atoms with Crippen LogP contribution in [-0.4, -0.2) is 0 Å². The molecular weight excluding hydrogens is 492 g/mol. The summed E-state index contributed by atoms with van der Waals surface area (Å²) in [6.07, 6.45) is 0. The van der Waals surface area contributed by atoms with Crippen molar-refractivity contribution in [2.75, 3.05) is 0 Å². The minimum absolute atomic E-state index is 0.157. The van der Waals surface area contributed by atoms with E-state index in [1.54, 1.807) is 0 Å². The summed E-state index contributed by atoms with van der Waals surface area (Å²) < 4.78 is 0. The SMILES string of the molecule is CC(C)(C)c1ccc(-c2ccc(-c3cccc4c3-c3ccccc3C43c4ccccc4-c4ccccc43)cc2)cc1. The second-order valence-corrected chi connectivity index (χ2v) is 12.5. The lowest BCUT2D eigenvalue weighted by Gasteiger charge is -2.30. The Hall–Kier alpha value is -4.68. The van der Waals surface area contributed by atoms with Crippen molar-refractivity contribution in [2.24, 2.45) is 0 Å². The molecule has 196 valence electrons. The second kappa shape index (κ2) is 8.66. The topological polar surface area (TPSA) is 0 Å². The van der Waals surface area contributed by atoms with E-state index < -0.39 is 0 Å². The first kappa shape index (κ1) is 24.1. The van der Waals surface area contributed by atoms with Gasteiger partial charge in [-0.3, -0.25) is 0 Å². The van der Waals surface area contributed by atoms with Gasteiger partial charge in [-0.15, -0.1) is 0 Å². The Morgan fingerprint density at radius 1 is 0.366 bits per heavy atom. The lowest BCUT2D eigenvalue weighted by atomic mass is 9.70. The third-order valence-corrected chi connectivity index (χ3v) is 9.30. The lowest BCUT2D eigenvalue weighted by Crippen LogP contribution is -2.25. The molecule has 0 heteroatoms. The van der Waals surface area contributed by atoms with E-state index in [-0.39, 0.29) is 10.8 Å². The molecule has 0 bridgehead atoms. The van der Waals surface area contributed by atoms with Crippen LogP contribution in [0.2, 0.25) is 0 Å². The first-order valence-corrected chi connectivity index (χ1v) is 14.6. The third-order valence-electron chi connectivity index (χ3n) is 9.30. The summed E-state index contributed by atoms with van der Waals surface area (Å²) in [5.41, 5.74) is 17.2. The van der Waals surface area contributed by atoms with E-state index in [0.29, 0.717) is 0 Å². The van der Waals surface area contributed by atoms with Gasteiger partial charge >= 0.3 is 0 Å². The first-order valence-electron chi connectivity index (χ1n) is 14.6. The molecule has 8 rings (SSSR count). The van der Waals surface area contributed by atoms with Crippen LogP contribution in [0, 0.1) is 0 Å². The van der Waals surface area contributed by atoms with Crippen molar-refractivity contribution in [3.63, 3.8) is 0 Å². The van der Waals surface area contributed by atoms with Crippen molar-refractivity contribution in [3.8, 4) is 44.5 Å². The number of hydrogen-bond acceptors (Lipinski definition) is 0. The largest absolute Gasteiger partial charge is 0.0725 e. The predicted octanol–water partition coefficient (Wildman–Crippen LogP) is 10.7. The Labute approximate surface area is 243 Å². The Kier molecular flexibility index (Phi) is 5.10. The van der Waals surface area contributed by atoms with Crippen LogP contribution in [0.25, 0.3) is 44.5 Å². The molecule has 0 aromatic heterocycles. The standard InChI is InChI=1S/C41H32/c1-40(2,3)30-25-23-28(24-26-30)27-19-21-29(22-20-27)31-14-10-18-38-39(31)34-13-6-9-17-37(34)41(38)35-15-7-4-11-32(35)33-12-5-8-16-36(33)41/h4-26H,1-3H3. The summed E-state index contributed by atoms with van der Waals surface area (Å²) in [6, 6.07) is 52.2. The minimum Gasteiger partial charge on any atom is -0.0619 e. The monoisotopic (exact) mass is 524 g/mol. The smallest absolute Gasteiger partial charge is 0.0619 e. The van der Waals surface area contributed by atoms with Gasteiger partial charge in [0.25, 0.3) is 0 Å². The molecule has 0 heterocycles. The Morgan fingerprint density at radius 3 is 1.34 bits per heavy atom. The molecule has 2 aliphatic carbocycles. The van der Waals surface area contributed by atoms with Gasteiger partial charge in [0.15, 0.2) is 0 Å². The molecule has 0 saturated heterocycles. The van der Waals surface area contributed by atoms with Crippen LogP contribution >= 0.6 is 0 Å². The van der Waals surface area contributed by atoms with Crippen molar-refractivity contribution >= 4 is 0 Å². The maximum absolute atomic E-state index is 2.36. The van der Waals surface area contributed by atoms with E-state index in [4.69, 9.17) is 0 Å². The van der Waals surface area contributed by atoms with Gasteiger partial charge in [-0.25, -0.2) is 0 Å². The van der Waals surface area contributed by atoms with Gasteiger partial charge in [-0.2, -0.15) is 0 Å². The number of hydrogen-bond donors (Lipinski definition) is 0. The quantitative estimate of drug-likeness (QED) is 0.211. The fourth-order valence-corrected chi connectivity index (χ4v) is 7.39. The first-order chi connectivity index (χ1) is 20.0. The number of benzene rings is 6. The summed E-state index contributed by atoms with van der Waals surface area (Å²) in [5.74, 6) is 0. The summed E-state index contributed by atoms with van der Waals surface area (Å²) >= 11 is 0. The van der Waals surface area contributed by atoms with Crippen molar-refractivity contribution in [1.82, 2.24) is 0 Å². The molecule has 0 aliphatic heterocycles. The van der Waals surface area contributed by atoms with Gasteiger partial charge in [0.1, 0.15) is 0 Å². The number of rotatable bonds is 2. The highest BCUT2D eigenvalue weighted by atomic mass is 14.5. The Morgan fingerprint density at radius 2 is 0.780 bits per heavy atom. The van der Waals surface area contributed by atoms with Gasteiger partial charge in [0.05, 0.1) is 5.41 Å². The van der Waals surface area contributed by atoms with Crippen LogP contribution in [0.5, 0.6) is 0 Å². The summed E-state index contributed by atoms with van der Waals surface area (Å²) in [6.45, 7) is 6.79. The molecule has 1 spiro atoms. The van der Waals surface area contributed by atoms with E-state index in [2.05, 4.69) is 160 Å². The van der Waals surface area contributed by atoms with Crippen LogP contribution in [0.1, 0.15) is 48.6 Å². The third kappa shape index (κ3) is 3.34. The minimum atomic E-state index is -0.302. The molecule has 0 amide bonds. The maximum Gasteiger partial charge on any atom is 0.0725 e. The van der Waals surface area contributed by atoms with Crippen molar-refractivity contribution in [2.45, 2.75) is 31.6 Å². The van der Waals surface area contributed by atoms with Crippen LogP contribution in [0.3, 0.4) is 0 Å². The van der Waals surface area contributed by atoms with Crippen LogP contribution in [0.15, 0.2) is 140 Å². The number of fused-ring (bicyclic) bond motifs is 10. The molecule has 0 unspecified atom stereocenters. The van der Waals surface area contributed by atoms with Crippen LogP contribution in [-0.2, 0) is 10.8 Å². The molecule has 6 aromatic carbocycles. The fourth-order valence-electron chi connectivity index (χ4n) is 7.39. The molecule has 6 aromatic rings. The van der Waals surface area contributed by atoms with E-state index in [1.807, 2.05) is 0 Å². The Bertz CT molecular complexity index is 1900. The average Bonchev–Trinajstić information content (AvgIpc) is 3.48. The molecule has 2 aliphatic rings.